The third kappa shape index (κ3) is 3.27. The number of aromatic nitrogens is 1. The summed E-state index contributed by atoms with van der Waals surface area (Å²) in [4.78, 5) is 30.3. The molecule has 1 N–H and O–H groups in total. The number of fused-ring (bicyclic) bond motifs is 1. The molecular weight excluding hydrogens is 344 g/mol. The Hall–Kier alpha value is -2.53. The number of hydrogen-bond acceptors (Lipinski definition) is 3. The molecule has 1 aliphatic rings. The Morgan fingerprint density at radius 2 is 1.77 bits per heavy atom. The van der Waals surface area contributed by atoms with Gasteiger partial charge in [-0.05, 0) is 18.1 Å². The van der Waals surface area contributed by atoms with Crippen LogP contribution in [0.3, 0.4) is 0 Å². The molecule has 0 bridgehead atoms. The largest absolute Gasteiger partial charge is 0.360 e. The molecule has 4 rings (SSSR count). The van der Waals surface area contributed by atoms with Crippen LogP contribution in [-0.2, 0) is 4.79 Å². The Morgan fingerprint density at radius 3 is 2.62 bits per heavy atom. The van der Waals surface area contributed by atoms with Gasteiger partial charge in [-0.25, -0.2) is 0 Å². The highest BCUT2D eigenvalue weighted by atomic mass is 32.2. The van der Waals surface area contributed by atoms with Gasteiger partial charge in [-0.15, -0.1) is 0 Å². The Labute approximate surface area is 156 Å². The van der Waals surface area contributed by atoms with Gasteiger partial charge in [0.05, 0.1) is 5.56 Å². The third-order valence-corrected chi connectivity index (χ3v) is 6.16. The first-order valence-electron chi connectivity index (χ1n) is 8.80. The minimum Gasteiger partial charge on any atom is -0.360 e. The number of hydrogen-bond donors (Lipinski definition) is 1. The number of nitrogens with zero attached hydrogens (tertiary/aromatic N) is 1. The lowest BCUT2D eigenvalue weighted by Crippen LogP contribution is -2.38. The van der Waals surface area contributed by atoms with E-state index in [1.807, 2.05) is 54.2 Å². The second-order valence-corrected chi connectivity index (χ2v) is 7.74. The molecule has 1 aromatic heterocycles. The van der Waals surface area contributed by atoms with Gasteiger partial charge in [-0.1, -0.05) is 48.5 Å². The zero-order chi connectivity index (χ0) is 17.9. The number of carbonyl (C=O) groups is 2. The summed E-state index contributed by atoms with van der Waals surface area (Å²) in [5, 5.41) is 1.18. The molecule has 2 heterocycles. The van der Waals surface area contributed by atoms with Crippen LogP contribution in [0.4, 0.5) is 0 Å². The lowest BCUT2D eigenvalue weighted by atomic mass is 10.1. The van der Waals surface area contributed by atoms with Crippen molar-refractivity contribution in [2.24, 2.45) is 0 Å². The van der Waals surface area contributed by atoms with E-state index in [2.05, 4.69) is 17.1 Å². The second-order valence-electron chi connectivity index (χ2n) is 6.43. The van der Waals surface area contributed by atoms with Gasteiger partial charge in [0.25, 0.3) is 11.7 Å². The lowest BCUT2D eigenvalue weighted by Gasteiger charge is -2.19. The molecule has 1 amide bonds. The number of H-pyrrole nitrogens is 1. The third-order valence-electron chi connectivity index (χ3n) is 4.83. The van der Waals surface area contributed by atoms with Crippen LogP contribution in [0.2, 0.25) is 0 Å². The molecule has 1 fully saturated rings. The van der Waals surface area contributed by atoms with E-state index < -0.39 is 11.7 Å². The molecule has 2 aromatic carbocycles. The summed E-state index contributed by atoms with van der Waals surface area (Å²) in [7, 11) is 0. The summed E-state index contributed by atoms with van der Waals surface area (Å²) in [6, 6.07) is 17.9. The van der Waals surface area contributed by atoms with Crippen molar-refractivity contribution in [1.29, 1.82) is 0 Å². The maximum Gasteiger partial charge on any atom is 0.295 e. The molecule has 1 unspecified atom stereocenters. The summed E-state index contributed by atoms with van der Waals surface area (Å²) >= 11 is 1.86. The van der Waals surface area contributed by atoms with E-state index in [1.54, 1.807) is 11.1 Å². The quantitative estimate of drug-likeness (QED) is 0.563. The van der Waals surface area contributed by atoms with Gasteiger partial charge in [0, 0.05) is 41.2 Å². The van der Waals surface area contributed by atoms with Crippen LogP contribution in [0, 0.1) is 0 Å². The van der Waals surface area contributed by atoms with Crippen molar-refractivity contribution >= 4 is 34.4 Å². The van der Waals surface area contributed by atoms with Gasteiger partial charge >= 0.3 is 0 Å². The number of aromatic amines is 1. The summed E-state index contributed by atoms with van der Waals surface area (Å²) in [6.45, 7) is 1.22. The molecule has 0 radical (unpaired) electrons. The lowest BCUT2D eigenvalue weighted by molar-refractivity contribution is -0.126. The zero-order valence-electron chi connectivity index (χ0n) is 14.4. The smallest absolute Gasteiger partial charge is 0.295 e. The molecule has 1 atom stereocenters. The van der Waals surface area contributed by atoms with Crippen LogP contribution >= 0.6 is 11.8 Å². The summed E-state index contributed by atoms with van der Waals surface area (Å²) in [5.41, 5.74) is 2.62. The normalized spacial score (nSPS) is 17.8. The van der Waals surface area contributed by atoms with Crippen LogP contribution in [0.1, 0.15) is 27.6 Å². The van der Waals surface area contributed by atoms with Gasteiger partial charge in [0.15, 0.2) is 0 Å². The molecule has 5 heteroatoms. The van der Waals surface area contributed by atoms with Crippen molar-refractivity contribution in [2.45, 2.75) is 11.7 Å². The van der Waals surface area contributed by atoms with Gasteiger partial charge in [0.1, 0.15) is 0 Å². The Bertz CT molecular complexity index is 935. The number of amides is 1. The number of benzene rings is 2. The molecular formula is C21H20N2O2S. The van der Waals surface area contributed by atoms with E-state index in [0.29, 0.717) is 23.9 Å². The number of rotatable bonds is 3. The summed E-state index contributed by atoms with van der Waals surface area (Å²) in [6.07, 6.45) is 2.51. The van der Waals surface area contributed by atoms with E-state index in [0.717, 1.165) is 23.1 Å². The van der Waals surface area contributed by atoms with E-state index in [4.69, 9.17) is 0 Å². The monoisotopic (exact) mass is 364 g/mol. The number of Topliss-reactive ketones (excluding diaryl/α,β-unsaturated/α-hetero) is 1. The maximum absolute atomic E-state index is 12.8. The average molecular weight is 364 g/mol. The van der Waals surface area contributed by atoms with Crippen molar-refractivity contribution in [3.63, 3.8) is 0 Å². The topological polar surface area (TPSA) is 53.2 Å². The second kappa shape index (κ2) is 7.38. The zero-order valence-corrected chi connectivity index (χ0v) is 15.2. The van der Waals surface area contributed by atoms with E-state index in [-0.39, 0.29) is 0 Å². The van der Waals surface area contributed by atoms with Crippen LogP contribution in [-0.4, -0.2) is 40.4 Å². The molecule has 3 aromatic rings. The predicted molar refractivity (Wildman–Crippen MR) is 105 cm³/mol. The first-order chi connectivity index (χ1) is 12.7. The fourth-order valence-corrected chi connectivity index (χ4v) is 4.66. The van der Waals surface area contributed by atoms with Crippen molar-refractivity contribution in [3.05, 3.63) is 71.9 Å². The van der Waals surface area contributed by atoms with Gasteiger partial charge in [-0.2, -0.15) is 11.8 Å². The first kappa shape index (κ1) is 16.9. The number of ketones is 1. The molecule has 1 saturated heterocycles. The highest BCUT2D eigenvalue weighted by Gasteiger charge is 2.28. The maximum atomic E-state index is 12.8. The molecule has 0 saturated carbocycles. The van der Waals surface area contributed by atoms with Crippen molar-refractivity contribution in [1.82, 2.24) is 9.88 Å². The van der Waals surface area contributed by atoms with Gasteiger partial charge in [0.2, 0.25) is 0 Å². The van der Waals surface area contributed by atoms with Crippen LogP contribution < -0.4 is 0 Å². The van der Waals surface area contributed by atoms with Crippen LogP contribution in [0.5, 0.6) is 0 Å². The fourth-order valence-electron chi connectivity index (χ4n) is 3.43. The minimum atomic E-state index is -0.425. The first-order valence-corrected chi connectivity index (χ1v) is 9.85. The Morgan fingerprint density at radius 1 is 1.00 bits per heavy atom. The van der Waals surface area contributed by atoms with Gasteiger partial charge < -0.3 is 9.88 Å². The molecule has 26 heavy (non-hydrogen) atoms. The van der Waals surface area contributed by atoms with Crippen molar-refractivity contribution in [2.75, 3.05) is 18.8 Å². The van der Waals surface area contributed by atoms with E-state index in [1.165, 1.54) is 5.56 Å². The highest BCUT2D eigenvalue weighted by molar-refractivity contribution is 7.99. The molecule has 0 aliphatic carbocycles. The number of carbonyl (C=O) groups excluding carboxylic acids is 2. The molecule has 0 spiro atoms. The van der Waals surface area contributed by atoms with Crippen molar-refractivity contribution < 1.29 is 9.59 Å². The van der Waals surface area contributed by atoms with E-state index >= 15 is 0 Å². The Balaban J connectivity index is 1.49. The molecule has 4 nitrogen and oxygen atoms in total. The van der Waals surface area contributed by atoms with Gasteiger partial charge in [-0.3, -0.25) is 9.59 Å². The SMILES string of the molecule is O=C(C(=O)N1CCSC(c2ccccc2)CC1)c1c[nH]c2ccccc12. The molecule has 132 valence electrons. The minimum absolute atomic E-state index is 0.372. The summed E-state index contributed by atoms with van der Waals surface area (Å²) < 4.78 is 0. The van der Waals surface area contributed by atoms with Crippen LogP contribution in [0.25, 0.3) is 10.9 Å². The number of para-hydroxylation sites is 1. The van der Waals surface area contributed by atoms with Crippen molar-refractivity contribution in [3.8, 4) is 0 Å². The number of thioether (sulfide) groups is 1. The fraction of sp³-hybridized carbons (Fsp3) is 0.238. The van der Waals surface area contributed by atoms with Crippen LogP contribution in [0.15, 0.2) is 60.8 Å². The van der Waals surface area contributed by atoms with E-state index in [9.17, 15) is 9.59 Å². The predicted octanol–water partition coefficient (Wildman–Crippen LogP) is 4.06. The highest BCUT2D eigenvalue weighted by Crippen LogP contribution is 2.34. The average Bonchev–Trinajstić information content (AvgIpc) is 2.96. The molecule has 1 aliphatic heterocycles. The standard InChI is InChI=1S/C21H20N2O2S/c24-20(17-14-22-18-9-5-4-8-16(17)18)21(25)23-11-10-19(26-13-12-23)15-6-2-1-3-7-15/h1-9,14,19,22H,10-13H2. The number of nitrogens with one attached hydrogen (secondary N) is 1. The summed E-state index contributed by atoms with van der Waals surface area (Å²) in [5.74, 6) is 0.0154. The Kier molecular flexibility index (Phi) is 4.80.